The number of hydrogen-bond acceptors (Lipinski definition) is 5. The molecule has 2 fully saturated rings. The molecule has 0 radical (unpaired) electrons. The van der Waals surface area contributed by atoms with Crippen LogP contribution in [0.1, 0.15) is 45.6 Å². The number of likely N-dealkylation sites (tertiary alicyclic amines) is 1. The van der Waals surface area contributed by atoms with Crippen LogP contribution in [0.5, 0.6) is 11.5 Å². The van der Waals surface area contributed by atoms with Gasteiger partial charge >= 0.3 is 6.03 Å². The van der Waals surface area contributed by atoms with Crippen LogP contribution >= 0.6 is 0 Å². The molecule has 1 unspecified atom stereocenters. The van der Waals surface area contributed by atoms with Crippen LogP contribution < -0.4 is 14.8 Å². The van der Waals surface area contributed by atoms with Crippen molar-refractivity contribution in [2.24, 2.45) is 5.92 Å². The first-order valence-corrected chi connectivity index (χ1v) is 10.8. The molecule has 1 atom stereocenters. The van der Waals surface area contributed by atoms with Crippen molar-refractivity contribution in [2.75, 3.05) is 26.4 Å². The van der Waals surface area contributed by atoms with Crippen molar-refractivity contribution in [2.45, 2.75) is 52.1 Å². The van der Waals surface area contributed by atoms with Crippen LogP contribution in [-0.4, -0.2) is 53.7 Å². The third kappa shape index (κ3) is 3.78. The van der Waals surface area contributed by atoms with Crippen molar-refractivity contribution < 1.29 is 19.1 Å². The summed E-state index contributed by atoms with van der Waals surface area (Å²) in [7, 11) is 0. The number of urea groups is 1. The highest BCUT2D eigenvalue weighted by molar-refractivity contribution is 6.07. The zero-order valence-electron chi connectivity index (χ0n) is 18.1. The first-order valence-electron chi connectivity index (χ1n) is 10.8. The number of amides is 3. The second-order valence-corrected chi connectivity index (χ2v) is 8.69. The normalized spacial score (nSPS) is 24.3. The highest BCUT2D eigenvalue weighted by Crippen LogP contribution is 2.38. The van der Waals surface area contributed by atoms with Gasteiger partial charge in [-0.15, -0.1) is 0 Å². The lowest BCUT2D eigenvalue weighted by atomic mass is 9.75. The Kier molecular flexibility index (Phi) is 5.73. The summed E-state index contributed by atoms with van der Waals surface area (Å²) < 4.78 is 10.8. The fraction of sp³-hybridized carbons (Fsp3) is 0.565. The summed E-state index contributed by atoms with van der Waals surface area (Å²) in [6, 6.07) is 5.25. The first kappa shape index (κ1) is 20.7. The molecule has 0 aliphatic carbocycles. The highest BCUT2D eigenvalue weighted by Gasteiger charge is 2.54. The number of benzene rings is 1. The van der Waals surface area contributed by atoms with E-state index in [1.807, 2.05) is 25.1 Å². The van der Waals surface area contributed by atoms with E-state index in [4.69, 9.17) is 9.47 Å². The third-order valence-electron chi connectivity index (χ3n) is 6.58. The van der Waals surface area contributed by atoms with Gasteiger partial charge in [0, 0.05) is 6.54 Å². The fourth-order valence-electron chi connectivity index (χ4n) is 4.74. The Labute approximate surface area is 178 Å². The molecule has 3 heterocycles. The van der Waals surface area contributed by atoms with Crippen molar-refractivity contribution >= 4 is 11.9 Å². The maximum Gasteiger partial charge on any atom is 0.325 e. The highest BCUT2D eigenvalue weighted by atomic mass is 16.7. The number of allylic oxidation sites excluding steroid dienone is 1. The molecule has 0 bridgehead atoms. The number of nitrogens with zero attached hydrogens (tertiary/aromatic N) is 2. The van der Waals surface area contributed by atoms with Crippen LogP contribution in [0.15, 0.2) is 29.8 Å². The molecule has 0 aromatic heterocycles. The molecule has 30 heavy (non-hydrogen) atoms. The zero-order valence-corrected chi connectivity index (χ0v) is 18.1. The molecule has 0 saturated carbocycles. The number of rotatable bonds is 6. The monoisotopic (exact) mass is 413 g/mol. The summed E-state index contributed by atoms with van der Waals surface area (Å²) in [6.45, 7) is 9.50. The van der Waals surface area contributed by atoms with Gasteiger partial charge in [-0.2, -0.15) is 0 Å². The van der Waals surface area contributed by atoms with Crippen LogP contribution in [0.25, 0.3) is 0 Å². The number of hydrogen-bond donors (Lipinski definition) is 1. The van der Waals surface area contributed by atoms with E-state index in [0.717, 1.165) is 38.0 Å². The van der Waals surface area contributed by atoms with E-state index in [2.05, 4.69) is 30.1 Å². The molecule has 3 aliphatic heterocycles. The number of carbonyl (C=O) groups excluding carboxylic acids is 2. The topological polar surface area (TPSA) is 71.1 Å². The molecule has 2 saturated heterocycles. The van der Waals surface area contributed by atoms with Gasteiger partial charge in [0.15, 0.2) is 11.5 Å². The SMILES string of the molecule is CCC1(C2CCN(CC=C(C)C)CC2)NC(=O)N(Cc2ccc3c(c2)OCO3)C1=O. The van der Waals surface area contributed by atoms with Crippen molar-refractivity contribution in [3.63, 3.8) is 0 Å². The van der Waals surface area contributed by atoms with E-state index < -0.39 is 5.54 Å². The first-order chi connectivity index (χ1) is 14.4. The molecule has 7 nitrogen and oxygen atoms in total. The van der Waals surface area contributed by atoms with Crippen LogP contribution in [-0.2, 0) is 11.3 Å². The number of carbonyl (C=O) groups is 2. The standard InChI is InChI=1S/C23H31N3O4/c1-4-23(18-8-11-25(12-9-18)10-7-16(2)3)21(27)26(22(28)24-23)14-17-5-6-19-20(13-17)30-15-29-19/h5-7,13,18H,4,8-12,14-15H2,1-3H3,(H,24,28). The molecule has 4 rings (SSSR count). The maximum atomic E-state index is 13.5. The lowest BCUT2D eigenvalue weighted by molar-refractivity contribution is -0.134. The zero-order chi connectivity index (χ0) is 21.3. The smallest absolute Gasteiger partial charge is 0.325 e. The van der Waals surface area contributed by atoms with E-state index in [0.29, 0.717) is 17.9 Å². The lowest BCUT2D eigenvalue weighted by Gasteiger charge is -2.40. The van der Waals surface area contributed by atoms with Gasteiger partial charge in [0.2, 0.25) is 6.79 Å². The van der Waals surface area contributed by atoms with E-state index in [-0.39, 0.29) is 31.2 Å². The van der Waals surface area contributed by atoms with Crippen LogP contribution in [0.4, 0.5) is 4.79 Å². The van der Waals surface area contributed by atoms with E-state index in [9.17, 15) is 9.59 Å². The average molecular weight is 414 g/mol. The van der Waals surface area contributed by atoms with Gasteiger partial charge in [-0.25, -0.2) is 4.79 Å². The van der Waals surface area contributed by atoms with Gasteiger partial charge in [-0.05, 0) is 69.8 Å². The quantitative estimate of drug-likeness (QED) is 0.572. The Balaban J connectivity index is 1.45. The van der Waals surface area contributed by atoms with Crippen molar-refractivity contribution in [1.82, 2.24) is 15.1 Å². The summed E-state index contributed by atoms with van der Waals surface area (Å²) >= 11 is 0. The van der Waals surface area contributed by atoms with Crippen LogP contribution in [0.2, 0.25) is 0 Å². The third-order valence-corrected chi connectivity index (χ3v) is 6.58. The Hall–Kier alpha value is -2.54. The van der Waals surface area contributed by atoms with Crippen molar-refractivity contribution in [1.29, 1.82) is 0 Å². The molecule has 7 heteroatoms. The van der Waals surface area contributed by atoms with Gasteiger partial charge in [0.1, 0.15) is 5.54 Å². The summed E-state index contributed by atoms with van der Waals surface area (Å²) in [6.07, 6.45) is 4.67. The second kappa shape index (κ2) is 8.30. The number of piperidine rings is 1. The van der Waals surface area contributed by atoms with Gasteiger partial charge < -0.3 is 14.8 Å². The Morgan fingerprint density at radius 1 is 1.20 bits per heavy atom. The molecular weight excluding hydrogens is 382 g/mol. The van der Waals surface area contributed by atoms with E-state index in [1.54, 1.807) is 0 Å². The minimum atomic E-state index is -0.796. The second-order valence-electron chi connectivity index (χ2n) is 8.69. The van der Waals surface area contributed by atoms with E-state index >= 15 is 0 Å². The molecule has 162 valence electrons. The van der Waals surface area contributed by atoms with Crippen LogP contribution in [0.3, 0.4) is 0 Å². The molecule has 0 spiro atoms. The molecule has 1 N–H and O–H groups in total. The minimum absolute atomic E-state index is 0.101. The fourth-order valence-corrected chi connectivity index (χ4v) is 4.74. The number of imide groups is 1. The Morgan fingerprint density at radius 3 is 2.63 bits per heavy atom. The Bertz CT molecular complexity index is 856. The summed E-state index contributed by atoms with van der Waals surface area (Å²) in [5.74, 6) is 1.41. The van der Waals surface area contributed by atoms with Crippen LogP contribution in [0, 0.1) is 5.92 Å². The van der Waals surface area contributed by atoms with Gasteiger partial charge in [-0.1, -0.05) is 24.6 Å². The van der Waals surface area contributed by atoms with Gasteiger partial charge in [0.25, 0.3) is 5.91 Å². The number of fused-ring (bicyclic) bond motifs is 1. The summed E-state index contributed by atoms with van der Waals surface area (Å²) in [4.78, 5) is 30.0. The average Bonchev–Trinajstić information content (AvgIpc) is 3.30. The summed E-state index contributed by atoms with van der Waals surface area (Å²) in [5, 5.41) is 3.08. The lowest BCUT2D eigenvalue weighted by Crippen LogP contribution is -2.55. The van der Waals surface area contributed by atoms with Gasteiger partial charge in [0.05, 0.1) is 6.54 Å². The summed E-state index contributed by atoms with van der Waals surface area (Å²) in [5.41, 5.74) is 1.38. The number of ether oxygens (including phenoxy) is 2. The largest absolute Gasteiger partial charge is 0.454 e. The maximum absolute atomic E-state index is 13.5. The van der Waals surface area contributed by atoms with Crippen molar-refractivity contribution in [3.05, 3.63) is 35.4 Å². The number of nitrogens with one attached hydrogen (secondary N) is 1. The van der Waals surface area contributed by atoms with E-state index in [1.165, 1.54) is 10.5 Å². The molecule has 1 aromatic carbocycles. The molecule has 3 aliphatic rings. The Morgan fingerprint density at radius 2 is 1.93 bits per heavy atom. The predicted molar refractivity (Wildman–Crippen MR) is 113 cm³/mol. The van der Waals surface area contributed by atoms with Gasteiger partial charge in [-0.3, -0.25) is 14.6 Å². The predicted octanol–water partition coefficient (Wildman–Crippen LogP) is 3.29. The molecule has 3 amide bonds. The molecule has 1 aromatic rings. The van der Waals surface area contributed by atoms with Crippen molar-refractivity contribution in [3.8, 4) is 11.5 Å². The minimum Gasteiger partial charge on any atom is -0.454 e. The molecular formula is C23H31N3O4.